The topological polar surface area (TPSA) is 58.1 Å². The molecule has 1 aromatic rings. The summed E-state index contributed by atoms with van der Waals surface area (Å²) >= 11 is 0. The van der Waals surface area contributed by atoms with Gasteiger partial charge in [0.1, 0.15) is 5.75 Å². The van der Waals surface area contributed by atoms with Crippen molar-refractivity contribution < 1.29 is 9.47 Å². The minimum Gasteiger partial charge on any atom is -0.496 e. The van der Waals surface area contributed by atoms with Gasteiger partial charge in [-0.3, -0.25) is 9.89 Å². The Kier molecular flexibility index (Phi) is 13.3. The van der Waals surface area contributed by atoms with E-state index in [1.165, 1.54) is 17.5 Å². The molecular weight excluding hydrogens is 467 g/mol. The summed E-state index contributed by atoms with van der Waals surface area (Å²) in [5.74, 6) is 1.86. The summed E-state index contributed by atoms with van der Waals surface area (Å²) in [6, 6.07) is 6.39. The van der Waals surface area contributed by atoms with Crippen molar-refractivity contribution in [2.24, 2.45) is 4.99 Å². The van der Waals surface area contributed by atoms with Gasteiger partial charge in [0.15, 0.2) is 5.96 Å². The highest BCUT2D eigenvalue weighted by Gasteiger charge is 2.09. The van der Waals surface area contributed by atoms with Gasteiger partial charge in [-0.2, -0.15) is 0 Å². The van der Waals surface area contributed by atoms with Gasteiger partial charge >= 0.3 is 0 Å². The summed E-state index contributed by atoms with van der Waals surface area (Å²) in [5, 5.41) is 6.76. The van der Waals surface area contributed by atoms with Gasteiger partial charge < -0.3 is 20.1 Å². The largest absolute Gasteiger partial charge is 0.496 e. The van der Waals surface area contributed by atoms with Crippen LogP contribution >= 0.6 is 24.0 Å². The quantitative estimate of drug-likeness (QED) is 0.222. The number of halogens is 1. The fourth-order valence-electron chi connectivity index (χ4n) is 3.15. The van der Waals surface area contributed by atoms with Crippen LogP contribution in [0, 0.1) is 6.92 Å². The van der Waals surface area contributed by atoms with E-state index < -0.39 is 0 Å². The smallest absolute Gasteiger partial charge is 0.191 e. The predicted octanol–water partition coefficient (Wildman–Crippen LogP) is 2.83. The van der Waals surface area contributed by atoms with Crippen LogP contribution in [-0.4, -0.2) is 70.5 Å². The number of guanidine groups is 1. The first-order valence-electron chi connectivity index (χ1n) is 10.2. The van der Waals surface area contributed by atoms with Crippen molar-refractivity contribution in [1.82, 2.24) is 15.5 Å². The standard InChI is InChI=1S/C21H36N4O2.HI/c1-4-22-21(23-10-5-6-12-25-13-15-27-16-14-25)24-11-9-19-8-7-18(2)20(17-19)26-3;/h7-8,17H,4-6,9-16H2,1-3H3,(H2,22,23,24);1H. The minimum atomic E-state index is 0. The lowest BCUT2D eigenvalue weighted by molar-refractivity contribution is 0.0373. The molecule has 1 heterocycles. The minimum absolute atomic E-state index is 0. The van der Waals surface area contributed by atoms with Crippen LogP contribution in [0.3, 0.4) is 0 Å². The van der Waals surface area contributed by atoms with Crippen molar-refractivity contribution in [3.8, 4) is 5.75 Å². The van der Waals surface area contributed by atoms with Crippen LogP contribution in [0.5, 0.6) is 5.75 Å². The molecule has 0 bridgehead atoms. The Morgan fingerprint density at radius 3 is 2.71 bits per heavy atom. The molecular formula is C21H37IN4O2. The lowest BCUT2D eigenvalue weighted by Gasteiger charge is -2.26. The van der Waals surface area contributed by atoms with Crippen LogP contribution < -0.4 is 15.4 Å². The Labute approximate surface area is 187 Å². The van der Waals surface area contributed by atoms with Crippen molar-refractivity contribution >= 4 is 29.9 Å². The molecule has 2 rings (SSSR count). The number of ether oxygens (including phenoxy) is 2. The molecule has 160 valence electrons. The summed E-state index contributed by atoms with van der Waals surface area (Å²) in [6.07, 6.45) is 3.24. The number of morpholine rings is 1. The van der Waals surface area contributed by atoms with E-state index in [-0.39, 0.29) is 24.0 Å². The van der Waals surface area contributed by atoms with Crippen LogP contribution in [0.2, 0.25) is 0 Å². The first-order valence-corrected chi connectivity index (χ1v) is 10.2. The molecule has 6 nitrogen and oxygen atoms in total. The lowest BCUT2D eigenvalue weighted by Crippen LogP contribution is -2.38. The first-order chi connectivity index (χ1) is 13.2. The van der Waals surface area contributed by atoms with E-state index in [0.717, 1.165) is 77.0 Å². The summed E-state index contributed by atoms with van der Waals surface area (Å²) in [4.78, 5) is 7.18. The Morgan fingerprint density at radius 2 is 2.00 bits per heavy atom. The van der Waals surface area contributed by atoms with Crippen LogP contribution in [0.15, 0.2) is 23.2 Å². The van der Waals surface area contributed by atoms with E-state index in [1.54, 1.807) is 7.11 Å². The lowest BCUT2D eigenvalue weighted by atomic mass is 10.1. The molecule has 0 amide bonds. The Hall–Kier alpha value is -1.06. The molecule has 0 spiro atoms. The van der Waals surface area contributed by atoms with Crippen molar-refractivity contribution in [2.45, 2.75) is 33.1 Å². The summed E-state index contributed by atoms with van der Waals surface area (Å²) in [6.45, 7) is 11.8. The van der Waals surface area contributed by atoms with Gasteiger partial charge in [-0.25, -0.2) is 0 Å². The molecule has 0 radical (unpaired) electrons. The maximum Gasteiger partial charge on any atom is 0.191 e. The second-order valence-electron chi connectivity index (χ2n) is 6.90. The van der Waals surface area contributed by atoms with E-state index >= 15 is 0 Å². The zero-order chi connectivity index (χ0) is 19.3. The van der Waals surface area contributed by atoms with Crippen molar-refractivity contribution in [2.75, 3.05) is 59.6 Å². The Morgan fingerprint density at radius 1 is 1.21 bits per heavy atom. The third-order valence-corrected chi connectivity index (χ3v) is 4.78. The van der Waals surface area contributed by atoms with Gasteiger partial charge in [0.25, 0.3) is 0 Å². The molecule has 28 heavy (non-hydrogen) atoms. The number of benzene rings is 1. The summed E-state index contributed by atoms with van der Waals surface area (Å²) in [5.41, 5.74) is 2.44. The number of hydrogen-bond acceptors (Lipinski definition) is 4. The van der Waals surface area contributed by atoms with Crippen LogP contribution in [0.4, 0.5) is 0 Å². The highest BCUT2D eigenvalue weighted by molar-refractivity contribution is 14.0. The normalized spacial score (nSPS) is 15.0. The maximum atomic E-state index is 5.40. The number of methoxy groups -OCH3 is 1. The molecule has 1 saturated heterocycles. The SMILES string of the molecule is CCNC(=NCCCCN1CCOCC1)NCCc1ccc(C)c(OC)c1.I. The number of nitrogens with one attached hydrogen (secondary N) is 2. The molecule has 0 atom stereocenters. The molecule has 0 aromatic heterocycles. The third kappa shape index (κ3) is 9.43. The molecule has 0 unspecified atom stereocenters. The van der Waals surface area contributed by atoms with Gasteiger partial charge in [-0.05, 0) is 56.8 Å². The Balaban J connectivity index is 0.00000392. The van der Waals surface area contributed by atoms with Crippen molar-refractivity contribution in [1.29, 1.82) is 0 Å². The molecule has 0 aliphatic carbocycles. The third-order valence-electron chi connectivity index (χ3n) is 4.78. The highest BCUT2D eigenvalue weighted by Crippen LogP contribution is 2.18. The average Bonchev–Trinajstić information content (AvgIpc) is 2.69. The monoisotopic (exact) mass is 504 g/mol. The fraction of sp³-hybridized carbons (Fsp3) is 0.667. The van der Waals surface area contributed by atoms with Crippen LogP contribution in [0.25, 0.3) is 0 Å². The molecule has 2 N–H and O–H groups in total. The maximum absolute atomic E-state index is 5.40. The highest BCUT2D eigenvalue weighted by atomic mass is 127. The fourth-order valence-corrected chi connectivity index (χ4v) is 3.15. The first kappa shape index (κ1) is 25.0. The molecule has 1 aromatic carbocycles. The van der Waals surface area contributed by atoms with E-state index in [0.29, 0.717) is 0 Å². The number of aliphatic imine (C=N–C) groups is 1. The van der Waals surface area contributed by atoms with E-state index in [4.69, 9.17) is 14.5 Å². The van der Waals surface area contributed by atoms with Crippen LogP contribution in [-0.2, 0) is 11.2 Å². The Bertz CT molecular complexity index is 578. The summed E-state index contributed by atoms with van der Waals surface area (Å²) in [7, 11) is 1.72. The van der Waals surface area contributed by atoms with Gasteiger partial charge in [0.05, 0.1) is 20.3 Å². The van der Waals surface area contributed by atoms with Crippen molar-refractivity contribution in [3.63, 3.8) is 0 Å². The molecule has 1 fully saturated rings. The molecule has 0 saturated carbocycles. The second-order valence-corrected chi connectivity index (χ2v) is 6.90. The molecule has 1 aliphatic heterocycles. The number of nitrogens with zero attached hydrogens (tertiary/aromatic N) is 2. The second kappa shape index (κ2) is 14.9. The van der Waals surface area contributed by atoms with Gasteiger partial charge in [0.2, 0.25) is 0 Å². The van der Waals surface area contributed by atoms with Crippen LogP contribution in [0.1, 0.15) is 30.9 Å². The summed E-state index contributed by atoms with van der Waals surface area (Å²) < 4.78 is 10.8. The zero-order valence-corrected chi connectivity index (χ0v) is 20.0. The van der Waals surface area contributed by atoms with E-state index in [9.17, 15) is 0 Å². The van der Waals surface area contributed by atoms with Crippen molar-refractivity contribution in [3.05, 3.63) is 29.3 Å². The zero-order valence-electron chi connectivity index (χ0n) is 17.6. The predicted molar refractivity (Wildman–Crippen MR) is 127 cm³/mol. The molecule has 1 aliphatic rings. The number of unbranched alkanes of at least 4 members (excludes halogenated alkanes) is 1. The number of aryl methyl sites for hydroxylation is 1. The van der Waals surface area contributed by atoms with Gasteiger partial charge in [-0.1, -0.05) is 12.1 Å². The van der Waals surface area contributed by atoms with Gasteiger partial charge in [-0.15, -0.1) is 24.0 Å². The average molecular weight is 504 g/mol. The number of hydrogen-bond donors (Lipinski definition) is 2. The van der Waals surface area contributed by atoms with E-state index in [2.05, 4.69) is 47.6 Å². The van der Waals surface area contributed by atoms with Gasteiger partial charge in [0, 0.05) is 32.7 Å². The van der Waals surface area contributed by atoms with E-state index in [1.807, 2.05) is 0 Å². The molecule has 7 heteroatoms. The number of rotatable bonds is 10.